The van der Waals surface area contributed by atoms with Crippen LogP contribution in [0.2, 0.25) is 0 Å². The topological polar surface area (TPSA) is 37.3 Å². The molecule has 0 aromatic carbocycles. The predicted octanol–water partition coefficient (Wildman–Crippen LogP) is 3.08. The fraction of sp³-hybridized carbons (Fsp3) is 0.692. The van der Waals surface area contributed by atoms with Gasteiger partial charge in [0, 0.05) is 29.6 Å². The molecule has 1 spiro atoms. The molecule has 98 valence electrons. The second-order valence-corrected chi connectivity index (χ2v) is 6.85. The molecule has 0 amide bonds. The summed E-state index contributed by atoms with van der Waals surface area (Å²) in [5, 5.41) is 6.95. The molecule has 1 saturated heterocycles. The Morgan fingerprint density at radius 1 is 1.33 bits per heavy atom. The molecule has 2 heterocycles. The van der Waals surface area contributed by atoms with E-state index in [4.69, 9.17) is 0 Å². The van der Waals surface area contributed by atoms with E-state index in [9.17, 15) is 0 Å². The van der Waals surface area contributed by atoms with Crippen LogP contribution in [0.5, 0.6) is 0 Å². The van der Waals surface area contributed by atoms with Crippen molar-refractivity contribution < 1.29 is 0 Å². The highest BCUT2D eigenvalue weighted by Crippen LogP contribution is 2.36. The van der Waals surface area contributed by atoms with Gasteiger partial charge in [0.05, 0.1) is 11.2 Å². The molecule has 18 heavy (non-hydrogen) atoms. The Hall–Kier alpha value is -0.550. The Balaban J connectivity index is 1.51. The van der Waals surface area contributed by atoms with Crippen molar-refractivity contribution in [3.63, 3.8) is 0 Å². The normalized spacial score (nSPS) is 24.6. The van der Waals surface area contributed by atoms with Crippen LogP contribution in [0.3, 0.4) is 0 Å². The minimum absolute atomic E-state index is 0.377. The van der Waals surface area contributed by atoms with Crippen molar-refractivity contribution >= 4 is 28.3 Å². The molecule has 0 bridgehead atoms. The minimum Gasteiger partial charge on any atom is -0.359 e. The van der Waals surface area contributed by atoms with Gasteiger partial charge in [-0.1, -0.05) is 31.0 Å². The minimum atomic E-state index is 0.377. The average molecular weight is 281 g/mol. The summed E-state index contributed by atoms with van der Waals surface area (Å²) in [6.45, 7) is 0.856. The van der Waals surface area contributed by atoms with Crippen LogP contribution in [0.4, 0.5) is 0 Å². The van der Waals surface area contributed by atoms with Crippen molar-refractivity contribution in [2.24, 2.45) is 4.99 Å². The highest BCUT2D eigenvalue weighted by molar-refractivity contribution is 8.14. The molecular formula is C13H19N3S2. The molecule has 2 fully saturated rings. The fourth-order valence-corrected chi connectivity index (χ4v) is 4.56. The van der Waals surface area contributed by atoms with E-state index in [2.05, 4.69) is 20.7 Å². The summed E-state index contributed by atoms with van der Waals surface area (Å²) in [4.78, 5) is 8.97. The molecule has 1 aliphatic heterocycles. The van der Waals surface area contributed by atoms with E-state index in [1.807, 2.05) is 17.3 Å². The molecule has 2 aliphatic rings. The molecule has 1 aromatic rings. The molecule has 1 aromatic heterocycles. The Bertz CT molecular complexity index is 408. The van der Waals surface area contributed by atoms with Crippen molar-refractivity contribution in [1.82, 2.24) is 10.3 Å². The average Bonchev–Trinajstić information content (AvgIpc) is 3.02. The van der Waals surface area contributed by atoms with Crippen LogP contribution in [0.15, 0.2) is 15.9 Å². The van der Waals surface area contributed by atoms with E-state index in [1.165, 1.54) is 43.6 Å². The number of thioether (sulfide) groups is 1. The van der Waals surface area contributed by atoms with Crippen LogP contribution >= 0.6 is 23.1 Å². The van der Waals surface area contributed by atoms with Crippen molar-refractivity contribution in [1.29, 1.82) is 0 Å². The lowest BCUT2D eigenvalue weighted by Gasteiger charge is -2.32. The summed E-state index contributed by atoms with van der Waals surface area (Å²) in [6, 6.07) is 0. The zero-order chi connectivity index (χ0) is 12.3. The van der Waals surface area contributed by atoms with Crippen LogP contribution in [-0.2, 0) is 6.42 Å². The van der Waals surface area contributed by atoms with Gasteiger partial charge in [-0.2, -0.15) is 0 Å². The first-order chi connectivity index (χ1) is 8.86. The van der Waals surface area contributed by atoms with Gasteiger partial charge in [-0.05, 0) is 12.8 Å². The highest BCUT2D eigenvalue weighted by atomic mass is 32.2. The van der Waals surface area contributed by atoms with Crippen molar-refractivity contribution in [2.45, 2.75) is 44.1 Å². The van der Waals surface area contributed by atoms with Gasteiger partial charge in [0.2, 0.25) is 0 Å². The lowest BCUT2D eigenvalue weighted by atomic mass is 9.83. The van der Waals surface area contributed by atoms with Gasteiger partial charge in [-0.3, -0.25) is 4.99 Å². The number of aromatic nitrogens is 1. The largest absolute Gasteiger partial charge is 0.359 e. The van der Waals surface area contributed by atoms with E-state index in [0.717, 1.165) is 18.1 Å². The maximum atomic E-state index is 4.68. The van der Waals surface area contributed by atoms with Crippen LogP contribution in [0.25, 0.3) is 0 Å². The molecule has 3 nitrogen and oxygen atoms in total. The third-order valence-electron chi connectivity index (χ3n) is 3.77. The Morgan fingerprint density at radius 3 is 3.00 bits per heavy atom. The van der Waals surface area contributed by atoms with Crippen molar-refractivity contribution in [3.05, 3.63) is 16.6 Å². The van der Waals surface area contributed by atoms with E-state index in [0.29, 0.717) is 5.54 Å². The molecule has 1 saturated carbocycles. The second kappa shape index (κ2) is 5.61. The van der Waals surface area contributed by atoms with Gasteiger partial charge in [-0.25, -0.2) is 4.98 Å². The molecule has 0 unspecified atom stereocenters. The fourth-order valence-electron chi connectivity index (χ4n) is 2.72. The maximum absolute atomic E-state index is 4.68. The summed E-state index contributed by atoms with van der Waals surface area (Å²) < 4.78 is 0. The quantitative estimate of drug-likeness (QED) is 0.925. The SMILES string of the molecule is c1nc(CCN=C2NC3(CCCCC3)CS2)cs1. The zero-order valence-corrected chi connectivity index (χ0v) is 12.2. The first-order valence-corrected chi connectivity index (χ1v) is 8.62. The molecular weight excluding hydrogens is 262 g/mol. The summed E-state index contributed by atoms with van der Waals surface area (Å²) in [6.07, 6.45) is 7.77. The van der Waals surface area contributed by atoms with Gasteiger partial charge < -0.3 is 5.32 Å². The van der Waals surface area contributed by atoms with E-state index in [1.54, 1.807) is 11.3 Å². The van der Waals surface area contributed by atoms with Crippen molar-refractivity contribution in [2.75, 3.05) is 12.3 Å². The van der Waals surface area contributed by atoms with Gasteiger partial charge in [0.15, 0.2) is 5.17 Å². The van der Waals surface area contributed by atoms with Crippen LogP contribution in [-0.4, -0.2) is 28.0 Å². The monoisotopic (exact) mass is 281 g/mol. The number of aliphatic imine (C=N–C) groups is 1. The summed E-state index contributed by atoms with van der Waals surface area (Å²) in [7, 11) is 0. The standard InChI is InChI=1S/C13H19N3S2/c1-2-5-13(6-3-1)9-18-12(16-13)14-7-4-11-8-17-10-15-11/h8,10H,1-7,9H2,(H,14,16). The first-order valence-electron chi connectivity index (χ1n) is 6.69. The lowest BCUT2D eigenvalue weighted by molar-refractivity contribution is 0.303. The highest BCUT2D eigenvalue weighted by Gasteiger charge is 2.37. The number of thiazole rings is 1. The molecule has 0 atom stereocenters. The van der Waals surface area contributed by atoms with Crippen LogP contribution in [0, 0.1) is 0 Å². The number of amidine groups is 1. The van der Waals surface area contributed by atoms with Crippen LogP contribution < -0.4 is 5.32 Å². The first kappa shape index (κ1) is 12.5. The van der Waals surface area contributed by atoms with Gasteiger partial charge in [0.1, 0.15) is 0 Å². The Kier molecular flexibility index (Phi) is 3.89. The number of nitrogens with zero attached hydrogens (tertiary/aromatic N) is 2. The van der Waals surface area contributed by atoms with Crippen molar-refractivity contribution in [3.8, 4) is 0 Å². The smallest absolute Gasteiger partial charge is 0.157 e. The van der Waals surface area contributed by atoms with Crippen LogP contribution in [0.1, 0.15) is 37.8 Å². The maximum Gasteiger partial charge on any atom is 0.157 e. The number of hydrogen-bond acceptors (Lipinski definition) is 4. The number of rotatable bonds is 3. The molecule has 5 heteroatoms. The Labute approximate surface area is 116 Å². The molecule has 0 radical (unpaired) electrons. The number of hydrogen-bond donors (Lipinski definition) is 1. The summed E-state index contributed by atoms with van der Waals surface area (Å²) >= 11 is 3.57. The molecule has 1 N–H and O–H groups in total. The Morgan fingerprint density at radius 2 is 2.22 bits per heavy atom. The summed E-state index contributed by atoms with van der Waals surface area (Å²) in [5.74, 6) is 1.21. The van der Waals surface area contributed by atoms with E-state index < -0.39 is 0 Å². The van der Waals surface area contributed by atoms with Gasteiger partial charge in [-0.15, -0.1) is 11.3 Å². The van der Waals surface area contributed by atoms with E-state index >= 15 is 0 Å². The predicted molar refractivity (Wildman–Crippen MR) is 79.5 cm³/mol. The molecule has 1 aliphatic carbocycles. The molecule has 3 rings (SSSR count). The van der Waals surface area contributed by atoms with Gasteiger partial charge >= 0.3 is 0 Å². The lowest BCUT2D eigenvalue weighted by Crippen LogP contribution is -2.45. The third-order valence-corrected chi connectivity index (χ3v) is 5.61. The third kappa shape index (κ3) is 2.88. The zero-order valence-electron chi connectivity index (χ0n) is 10.5. The second-order valence-electron chi connectivity index (χ2n) is 5.17. The number of nitrogens with one attached hydrogen (secondary N) is 1. The van der Waals surface area contributed by atoms with Gasteiger partial charge in [0.25, 0.3) is 0 Å². The summed E-state index contributed by atoms with van der Waals surface area (Å²) in [5.41, 5.74) is 3.43. The van der Waals surface area contributed by atoms with E-state index in [-0.39, 0.29) is 0 Å².